The van der Waals surface area contributed by atoms with Crippen molar-refractivity contribution >= 4 is 6.03 Å². The van der Waals surface area contributed by atoms with Gasteiger partial charge in [-0.05, 0) is 48.7 Å². The third-order valence-electron chi connectivity index (χ3n) is 3.94. The van der Waals surface area contributed by atoms with E-state index in [9.17, 15) is 27.5 Å². The lowest BCUT2D eigenvalue weighted by atomic mass is 10.0. The summed E-state index contributed by atoms with van der Waals surface area (Å²) in [5.74, 6) is -0.483. The molecular formula is C19H20F4N2O2. The fourth-order valence-electron chi connectivity index (χ4n) is 2.62. The number of halogens is 4. The van der Waals surface area contributed by atoms with Gasteiger partial charge in [0.1, 0.15) is 5.82 Å². The van der Waals surface area contributed by atoms with Gasteiger partial charge < -0.3 is 15.7 Å². The van der Waals surface area contributed by atoms with Gasteiger partial charge in [0.05, 0.1) is 18.2 Å². The summed E-state index contributed by atoms with van der Waals surface area (Å²) in [6, 6.07) is 8.52. The minimum Gasteiger partial charge on any atom is -0.394 e. The number of hydrogen-bond acceptors (Lipinski definition) is 2. The van der Waals surface area contributed by atoms with Crippen LogP contribution in [0.25, 0.3) is 0 Å². The van der Waals surface area contributed by atoms with Crippen molar-refractivity contribution in [3.63, 3.8) is 0 Å². The number of carbonyl (C=O) groups excluding carboxylic acids is 1. The van der Waals surface area contributed by atoms with Crippen LogP contribution in [0.15, 0.2) is 48.5 Å². The highest BCUT2D eigenvalue weighted by Crippen LogP contribution is 2.29. The van der Waals surface area contributed by atoms with Crippen LogP contribution >= 0.6 is 0 Å². The molecule has 2 aromatic rings. The lowest BCUT2D eigenvalue weighted by Crippen LogP contribution is -2.44. The molecule has 0 saturated heterocycles. The zero-order chi connectivity index (χ0) is 20.0. The Morgan fingerprint density at radius 3 is 2.33 bits per heavy atom. The van der Waals surface area contributed by atoms with Crippen molar-refractivity contribution in [2.45, 2.75) is 31.6 Å². The monoisotopic (exact) mass is 384 g/mol. The van der Waals surface area contributed by atoms with E-state index in [0.717, 1.165) is 12.1 Å². The molecule has 8 heteroatoms. The number of nitrogens with one attached hydrogen (secondary N) is 2. The van der Waals surface area contributed by atoms with Gasteiger partial charge in [-0.1, -0.05) is 24.3 Å². The summed E-state index contributed by atoms with van der Waals surface area (Å²) in [7, 11) is 0. The second kappa shape index (κ2) is 8.85. The van der Waals surface area contributed by atoms with Gasteiger partial charge in [-0.15, -0.1) is 0 Å². The van der Waals surface area contributed by atoms with Crippen molar-refractivity contribution in [1.29, 1.82) is 0 Å². The second-order valence-electron chi connectivity index (χ2n) is 6.21. The van der Waals surface area contributed by atoms with Crippen molar-refractivity contribution in [2.24, 2.45) is 0 Å². The summed E-state index contributed by atoms with van der Waals surface area (Å²) in [5.41, 5.74) is 0.327. The first-order chi connectivity index (χ1) is 12.7. The summed E-state index contributed by atoms with van der Waals surface area (Å²) >= 11 is 0. The zero-order valence-corrected chi connectivity index (χ0v) is 14.6. The summed E-state index contributed by atoms with van der Waals surface area (Å²) < 4.78 is 51.0. The summed E-state index contributed by atoms with van der Waals surface area (Å²) in [4.78, 5) is 12.1. The van der Waals surface area contributed by atoms with Gasteiger partial charge in [0.2, 0.25) is 0 Å². The Morgan fingerprint density at radius 2 is 1.78 bits per heavy atom. The number of hydrogen-bond donors (Lipinski definition) is 3. The first kappa shape index (κ1) is 20.7. The highest BCUT2D eigenvalue weighted by Gasteiger charge is 2.30. The van der Waals surface area contributed by atoms with Crippen molar-refractivity contribution in [2.75, 3.05) is 6.61 Å². The predicted octanol–water partition coefficient (Wildman–Crippen LogP) is 3.81. The van der Waals surface area contributed by atoms with Crippen LogP contribution in [0.1, 0.15) is 29.7 Å². The smallest absolute Gasteiger partial charge is 0.394 e. The average molecular weight is 384 g/mol. The molecule has 146 valence electrons. The molecule has 2 rings (SSSR count). The van der Waals surface area contributed by atoms with E-state index in [4.69, 9.17) is 0 Å². The van der Waals surface area contributed by atoms with Crippen LogP contribution in [0, 0.1) is 5.82 Å². The Kier molecular flexibility index (Phi) is 6.79. The van der Waals surface area contributed by atoms with E-state index in [1.807, 2.05) is 0 Å². The lowest BCUT2D eigenvalue weighted by molar-refractivity contribution is -0.137. The van der Waals surface area contributed by atoms with Gasteiger partial charge in [0, 0.05) is 6.04 Å². The first-order valence-electron chi connectivity index (χ1n) is 8.28. The SMILES string of the molecule is CC(Cc1ccc(C(F)(F)F)cc1)NC(=O)NC(CO)c1cccc(F)c1. The summed E-state index contributed by atoms with van der Waals surface area (Å²) in [6.07, 6.45) is -4.06. The molecule has 0 aliphatic carbocycles. The Bertz CT molecular complexity index is 763. The van der Waals surface area contributed by atoms with Gasteiger partial charge in [0.15, 0.2) is 0 Å². The van der Waals surface area contributed by atoms with Crippen molar-refractivity contribution in [3.05, 3.63) is 71.0 Å². The first-order valence-corrected chi connectivity index (χ1v) is 8.28. The molecule has 2 atom stereocenters. The highest BCUT2D eigenvalue weighted by atomic mass is 19.4. The van der Waals surface area contributed by atoms with Crippen LogP contribution in [0.4, 0.5) is 22.4 Å². The third-order valence-corrected chi connectivity index (χ3v) is 3.94. The molecule has 0 heterocycles. The number of amides is 2. The Hall–Kier alpha value is -2.61. The third kappa shape index (κ3) is 6.25. The highest BCUT2D eigenvalue weighted by molar-refractivity contribution is 5.74. The van der Waals surface area contributed by atoms with Crippen LogP contribution < -0.4 is 10.6 Å². The van der Waals surface area contributed by atoms with Gasteiger partial charge in [-0.3, -0.25) is 0 Å². The van der Waals surface area contributed by atoms with Gasteiger partial charge >= 0.3 is 12.2 Å². The van der Waals surface area contributed by atoms with Crippen LogP contribution in [0.3, 0.4) is 0 Å². The quantitative estimate of drug-likeness (QED) is 0.664. The molecule has 0 saturated carbocycles. The number of benzene rings is 2. The number of urea groups is 1. The van der Waals surface area contributed by atoms with E-state index in [2.05, 4.69) is 10.6 Å². The Labute approximate surface area is 154 Å². The molecule has 0 spiro atoms. The molecule has 2 amide bonds. The minimum absolute atomic E-state index is 0.329. The van der Waals surface area contributed by atoms with Crippen LogP contribution in [0.2, 0.25) is 0 Å². The largest absolute Gasteiger partial charge is 0.416 e. The maximum atomic E-state index is 13.3. The lowest BCUT2D eigenvalue weighted by Gasteiger charge is -2.20. The van der Waals surface area contributed by atoms with E-state index in [-0.39, 0.29) is 6.04 Å². The van der Waals surface area contributed by atoms with E-state index in [1.54, 1.807) is 13.0 Å². The minimum atomic E-state index is -4.39. The molecule has 27 heavy (non-hydrogen) atoms. The number of carbonyl (C=O) groups is 1. The molecule has 0 aromatic heterocycles. The number of rotatable bonds is 6. The molecule has 0 aliphatic rings. The molecule has 0 aliphatic heterocycles. The molecule has 0 bridgehead atoms. The Balaban J connectivity index is 1.91. The molecule has 3 N–H and O–H groups in total. The maximum absolute atomic E-state index is 13.3. The zero-order valence-electron chi connectivity index (χ0n) is 14.6. The molecule has 0 radical (unpaired) electrons. The van der Waals surface area contributed by atoms with Gasteiger partial charge in [-0.25, -0.2) is 9.18 Å². The van der Waals surface area contributed by atoms with E-state index in [0.29, 0.717) is 17.5 Å². The van der Waals surface area contributed by atoms with E-state index in [1.165, 1.54) is 30.3 Å². The van der Waals surface area contributed by atoms with Crippen molar-refractivity contribution in [1.82, 2.24) is 10.6 Å². The van der Waals surface area contributed by atoms with Crippen LogP contribution in [-0.2, 0) is 12.6 Å². The number of aliphatic hydroxyl groups excluding tert-OH is 1. The summed E-state index contributed by atoms with van der Waals surface area (Å²) in [6.45, 7) is 1.29. The second-order valence-corrected chi connectivity index (χ2v) is 6.21. The topological polar surface area (TPSA) is 61.4 Å². The summed E-state index contributed by atoms with van der Waals surface area (Å²) in [5, 5.41) is 14.6. The van der Waals surface area contributed by atoms with Gasteiger partial charge in [0.25, 0.3) is 0 Å². The maximum Gasteiger partial charge on any atom is 0.416 e. The fraction of sp³-hybridized carbons (Fsp3) is 0.316. The molecule has 2 unspecified atom stereocenters. The predicted molar refractivity (Wildman–Crippen MR) is 92.5 cm³/mol. The standard InChI is InChI=1S/C19H20F4N2O2/c1-12(9-13-5-7-15(8-6-13)19(21,22)23)24-18(27)25-17(11-26)14-3-2-4-16(20)10-14/h2-8,10,12,17,26H,9,11H2,1H3,(H2,24,25,27). The van der Waals surface area contributed by atoms with Gasteiger partial charge in [-0.2, -0.15) is 13.2 Å². The average Bonchev–Trinajstić information content (AvgIpc) is 2.59. The molecular weight excluding hydrogens is 364 g/mol. The normalized spacial score (nSPS) is 13.7. The molecule has 2 aromatic carbocycles. The van der Waals surface area contributed by atoms with Crippen molar-refractivity contribution in [3.8, 4) is 0 Å². The van der Waals surface area contributed by atoms with E-state index >= 15 is 0 Å². The van der Waals surface area contributed by atoms with Crippen LogP contribution in [0.5, 0.6) is 0 Å². The van der Waals surface area contributed by atoms with E-state index < -0.39 is 36.2 Å². The fourth-order valence-corrected chi connectivity index (χ4v) is 2.62. The Morgan fingerprint density at radius 1 is 1.11 bits per heavy atom. The number of alkyl halides is 3. The van der Waals surface area contributed by atoms with Crippen LogP contribution in [-0.4, -0.2) is 23.8 Å². The van der Waals surface area contributed by atoms with Crippen molar-refractivity contribution < 1.29 is 27.5 Å². The number of aliphatic hydroxyl groups is 1. The molecule has 0 fully saturated rings. The molecule has 4 nitrogen and oxygen atoms in total.